The van der Waals surface area contributed by atoms with Gasteiger partial charge in [-0.25, -0.2) is 12.8 Å². The monoisotopic (exact) mass is 301 g/mol. The zero-order valence-electron chi connectivity index (χ0n) is 11.7. The number of hydrogen-bond donors (Lipinski definition) is 1. The minimum atomic E-state index is -3.68. The van der Waals surface area contributed by atoms with Crippen LogP contribution in [-0.4, -0.2) is 50.8 Å². The van der Waals surface area contributed by atoms with E-state index in [-0.39, 0.29) is 16.6 Å². The number of anilines is 1. The van der Waals surface area contributed by atoms with Crippen molar-refractivity contribution in [1.82, 2.24) is 9.21 Å². The Labute approximate surface area is 119 Å². The molecule has 0 radical (unpaired) electrons. The van der Waals surface area contributed by atoms with Crippen molar-refractivity contribution in [3.63, 3.8) is 0 Å². The molecule has 1 aromatic carbocycles. The zero-order valence-corrected chi connectivity index (χ0v) is 12.5. The van der Waals surface area contributed by atoms with Crippen LogP contribution in [0.3, 0.4) is 0 Å². The number of likely N-dealkylation sites (tertiary alicyclic amines) is 1. The van der Waals surface area contributed by atoms with Gasteiger partial charge in [0.15, 0.2) is 0 Å². The first-order valence-electron chi connectivity index (χ1n) is 6.54. The average Bonchev–Trinajstić information content (AvgIpc) is 2.38. The Hall–Kier alpha value is -1.18. The first kappa shape index (κ1) is 15.2. The van der Waals surface area contributed by atoms with Gasteiger partial charge in [-0.1, -0.05) is 0 Å². The summed E-state index contributed by atoms with van der Waals surface area (Å²) >= 11 is 0. The van der Waals surface area contributed by atoms with Gasteiger partial charge in [0.05, 0.1) is 5.69 Å². The molecule has 1 aliphatic heterocycles. The van der Waals surface area contributed by atoms with Crippen molar-refractivity contribution < 1.29 is 12.8 Å². The van der Waals surface area contributed by atoms with Gasteiger partial charge in [0.25, 0.3) is 0 Å². The lowest BCUT2D eigenvalue weighted by molar-refractivity contribution is 0.197. The van der Waals surface area contributed by atoms with Gasteiger partial charge in [-0.15, -0.1) is 0 Å². The average molecular weight is 301 g/mol. The molecule has 1 saturated heterocycles. The lowest BCUT2D eigenvalue weighted by Gasteiger charge is -2.34. The molecule has 2 rings (SSSR count). The molecule has 1 aromatic rings. The molecule has 0 bridgehead atoms. The normalized spacial score (nSPS) is 18.6. The van der Waals surface area contributed by atoms with Crippen LogP contribution in [-0.2, 0) is 10.0 Å². The Kier molecular flexibility index (Phi) is 4.31. The Morgan fingerprint density at radius 1 is 1.35 bits per heavy atom. The predicted molar refractivity (Wildman–Crippen MR) is 76.3 cm³/mol. The molecule has 1 aliphatic rings. The summed E-state index contributed by atoms with van der Waals surface area (Å²) in [4.78, 5) is 2.14. The fraction of sp³-hybridized carbons (Fsp3) is 0.538. The van der Waals surface area contributed by atoms with E-state index in [9.17, 15) is 12.8 Å². The van der Waals surface area contributed by atoms with Gasteiger partial charge < -0.3 is 10.6 Å². The maximum Gasteiger partial charge on any atom is 0.245 e. The van der Waals surface area contributed by atoms with Crippen LogP contribution >= 0.6 is 0 Å². The number of nitrogen functional groups attached to an aromatic ring is 1. The van der Waals surface area contributed by atoms with Crippen LogP contribution in [0.5, 0.6) is 0 Å². The summed E-state index contributed by atoms with van der Waals surface area (Å²) in [5.74, 6) is -0.539. The van der Waals surface area contributed by atoms with Crippen LogP contribution in [0.1, 0.15) is 12.8 Å². The van der Waals surface area contributed by atoms with E-state index in [1.807, 2.05) is 7.05 Å². The van der Waals surface area contributed by atoms with Crippen LogP contribution in [0.2, 0.25) is 0 Å². The molecule has 20 heavy (non-hydrogen) atoms. The van der Waals surface area contributed by atoms with Crippen molar-refractivity contribution in [2.24, 2.45) is 0 Å². The zero-order chi connectivity index (χ0) is 14.9. The Balaban J connectivity index is 2.25. The SMILES string of the molecule is CN1CCC(N(C)S(=O)(=O)c2ccc(F)cc2N)CC1. The van der Waals surface area contributed by atoms with E-state index in [1.54, 1.807) is 7.05 Å². The lowest BCUT2D eigenvalue weighted by Crippen LogP contribution is -2.44. The van der Waals surface area contributed by atoms with Crippen LogP contribution in [0.4, 0.5) is 10.1 Å². The maximum atomic E-state index is 13.0. The van der Waals surface area contributed by atoms with Crippen LogP contribution in [0.25, 0.3) is 0 Å². The highest BCUT2D eigenvalue weighted by Crippen LogP contribution is 2.26. The smallest absolute Gasteiger partial charge is 0.245 e. The van der Waals surface area contributed by atoms with Gasteiger partial charge in [0.1, 0.15) is 10.7 Å². The second-order valence-corrected chi connectivity index (χ2v) is 7.20. The summed E-state index contributed by atoms with van der Waals surface area (Å²) in [6.07, 6.45) is 1.57. The molecule has 0 unspecified atom stereocenters. The number of benzene rings is 1. The van der Waals surface area contributed by atoms with Crippen molar-refractivity contribution in [3.8, 4) is 0 Å². The second kappa shape index (κ2) is 5.67. The van der Waals surface area contributed by atoms with Crippen molar-refractivity contribution in [3.05, 3.63) is 24.0 Å². The molecule has 0 aliphatic carbocycles. The second-order valence-electron chi connectivity index (χ2n) is 5.24. The number of rotatable bonds is 3. The van der Waals surface area contributed by atoms with E-state index in [1.165, 1.54) is 10.4 Å². The molecule has 2 N–H and O–H groups in total. The van der Waals surface area contributed by atoms with E-state index in [2.05, 4.69) is 4.90 Å². The topological polar surface area (TPSA) is 66.6 Å². The molecular weight excluding hydrogens is 281 g/mol. The summed E-state index contributed by atoms with van der Waals surface area (Å²) < 4.78 is 39.5. The molecule has 1 heterocycles. The maximum absolute atomic E-state index is 13.0. The third-order valence-electron chi connectivity index (χ3n) is 3.83. The summed E-state index contributed by atoms with van der Waals surface area (Å²) in [6.45, 7) is 1.73. The number of sulfonamides is 1. The van der Waals surface area contributed by atoms with E-state index in [0.717, 1.165) is 38.1 Å². The largest absolute Gasteiger partial charge is 0.398 e. The summed E-state index contributed by atoms with van der Waals surface area (Å²) in [7, 11) is -0.100. The van der Waals surface area contributed by atoms with E-state index < -0.39 is 15.8 Å². The van der Waals surface area contributed by atoms with Gasteiger partial charge in [-0.05, 0) is 51.2 Å². The third-order valence-corrected chi connectivity index (χ3v) is 5.82. The molecule has 0 atom stereocenters. The van der Waals surface area contributed by atoms with Gasteiger partial charge in [0, 0.05) is 13.1 Å². The van der Waals surface area contributed by atoms with Crippen molar-refractivity contribution >= 4 is 15.7 Å². The number of piperidine rings is 1. The van der Waals surface area contributed by atoms with E-state index >= 15 is 0 Å². The van der Waals surface area contributed by atoms with E-state index in [0.29, 0.717) is 0 Å². The summed E-state index contributed by atoms with van der Waals surface area (Å²) in [5, 5.41) is 0. The Bertz CT molecular complexity index is 583. The van der Waals surface area contributed by atoms with Crippen LogP contribution < -0.4 is 5.73 Å². The van der Waals surface area contributed by atoms with Gasteiger partial charge in [-0.3, -0.25) is 0 Å². The lowest BCUT2D eigenvalue weighted by atomic mass is 10.1. The van der Waals surface area contributed by atoms with Crippen molar-refractivity contribution in [2.45, 2.75) is 23.8 Å². The van der Waals surface area contributed by atoms with Crippen molar-refractivity contribution in [1.29, 1.82) is 0 Å². The quantitative estimate of drug-likeness (QED) is 0.850. The number of nitrogens with zero attached hydrogens (tertiary/aromatic N) is 2. The van der Waals surface area contributed by atoms with Gasteiger partial charge in [0.2, 0.25) is 10.0 Å². The van der Waals surface area contributed by atoms with Crippen LogP contribution in [0.15, 0.2) is 23.1 Å². The molecule has 1 fully saturated rings. The molecule has 7 heteroatoms. The molecular formula is C13H20FN3O2S. The molecule has 0 saturated carbocycles. The number of halogens is 1. The Morgan fingerprint density at radius 3 is 2.50 bits per heavy atom. The minimum Gasteiger partial charge on any atom is -0.398 e. The van der Waals surface area contributed by atoms with Crippen molar-refractivity contribution in [2.75, 3.05) is 32.9 Å². The first-order valence-corrected chi connectivity index (χ1v) is 7.98. The molecule has 0 spiro atoms. The minimum absolute atomic E-state index is 0.0275. The third kappa shape index (κ3) is 2.94. The molecule has 0 amide bonds. The highest BCUT2D eigenvalue weighted by atomic mass is 32.2. The van der Waals surface area contributed by atoms with E-state index in [4.69, 9.17) is 5.73 Å². The first-order chi connectivity index (χ1) is 9.32. The Morgan fingerprint density at radius 2 is 1.95 bits per heavy atom. The fourth-order valence-corrected chi connectivity index (χ4v) is 3.97. The molecule has 112 valence electrons. The number of hydrogen-bond acceptors (Lipinski definition) is 4. The highest BCUT2D eigenvalue weighted by Gasteiger charge is 2.31. The molecule has 5 nitrogen and oxygen atoms in total. The van der Waals surface area contributed by atoms with Gasteiger partial charge in [-0.2, -0.15) is 4.31 Å². The summed E-state index contributed by atoms with van der Waals surface area (Å²) in [6, 6.07) is 3.34. The summed E-state index contributed by atoms with van der Waals surface area (Å²) in [5.41, 5.74) is 5.59. The fourth-order valence-electron chi connectivity index (χ4n) is 2.46. The predicted octanol–water partition coefficient (Wildman–Crippen LogP) is 1.12. The van der Waals surface area contributed by atoms with Crippen LogP contribution in [0, 0.1) is 5.82 Å². The molecule has 0 aromatic heterocycles. The van der Waals surface area contributed by atoms with Gasteiger partial charge >= 0.3 is 0 Å². The highest BCUT2D eigenvalue weighted by molar-refractivity contribution is 7.89. The standard InChI is InChI=1S/C13H20FN3O2S/c1-16-7-5-11(6-8-16)17(2)20(18,19)13-4-3-10(14)9-12(13)15/h3-4,9,11H,5-8,15H2,1-2H3. The number of nitrogens with two attached hydrogens (primary N) is 1.